The highest BCUT2D eigenvalue weighted by Gasteiger charge is 2.13. The van der Waals surface area contributed by atoms with E-state index in [2.05, 4.69) is 35.2 Å². The topological polar surface area (TPSA) is 55.6 Å². The molecule has 5 heteroatoms. The predicted molar refractivity (Wildman–Crippen MR) is 85.0 cm³/mol. The molecule has 0 aliphatic rings. The van der Waals surface area contributed by atoms with Crippen LogP contribution in [0.4, 0.5) is 5.95 Å². The molecule has 0 amide bonds. The summed E-state index contributed by atoms with van der Waals surface area (Å²) in [6.07, 6.45) is 1.84. The third-order valence-electron chi connectivity index (χ3n) is 3.57. The van der Waals surface area contributed by atoms with E-state index in [0.717, 1.165) is 41.0 Å². The van der Waals surface area contributed by atoms with Gasteiger partial charge in [-0.15, -0.1) is 0 Å². The summed E-state index contributed by atoms with van der Waals surface area (Å²) < 4.78 is 1.95. The van der Waals surface area contributed by atoms with Crippen molar-refractivity contribution >= 4 is 16.9 Å². The molecule has 0 saturated carbocycles. The molecule has 0 saturated heterocycles. The molecule has 21 heavy (non-hydrogen) atoms. The fraction of sp³-hybridized carbons (Fsp3) is 0.312. The van der Waals surface area contributed by atoms with Crippen molar-refractivity contribution in [3.63, 3.8) is 0 Å². The lowest BCUT2D eigenvalue weighted by Crippen LogP contribution is -2.08. The van der Waals surface area contributed by atoms with E-state index in [1.807, 2.05) is 36.0 Å². The monoisotopic (exact) mass is 281 g/mol. The van der Waals surface area contributed by atoms with Crippen molar-refractivity contribution in [2.24, 2.45) is 0 Å². The first-order chi connectivity index (χ1) is 10.3. The van der Waals surface area contributed by atoms with Crippen LogP contribution in [0.5, 0.6) is 0 Å². The van der Waals surface area contributed by atoms with Gasteiger partial charge in [0.2, 0.25) is 5.95 Å². The van der Waals surface area contributed by atoms with E-state index in [1.165, 1.54) is 0 Å². The number of anilines is 1. The lowest BCUT2D eigenvalue weighted by atomic mass is 10.2. The Morgan fingerprint density at radius 2 is 1.90 bits per heavy atom. The second-order valence-electron chi connectivity index (χ2n) is 4.88. The summed E-state index contributed by atoms with van der Waals surface area (Å²) in [4.78, 5) is 9.12. The standard InChI is InChI=1S/C16H19N5/c1-4-11-10-12(5-2)21(20-11)15-13-8-6-7-9-14(13)18-16(17-3)19-15/h6-10H,4-5H2,1-3H3,(H,17,18,19). The lowest BCUT2D eigenvalue weighted by molar-refractivity contribution is 0.777. The molecule has 0 fully saturated rings. The van der Waals surface area contributed by atoms with E-state index in [4.69, 9.17) is 5.10 Å². The molecule has 5 nitrogen and oxygen atoms in total. The molecule has 0 radical (unpaired) electrons. The Labute approximate surface area is 124 Å². The van der Waals surface area contributed by atoms with Crippen molar-refractivity contribution in [3.05, 3.63) is 41.7 Å². The first kappa shape index (κ1) is 13.5. The molecular formula is C16H19N5. The normalized spacial score (nSPS) is 11.0. The molecule has 0 aliphatic heterocycles. The van der Waals surface area contributed by atoms with E-state index in [0.29, 0.717) is 5.95 Å². The number of nitrogens with zero attached hydrogens (tertiary/aromatic N) is 4. The maximum Gasteiger partial charge on any atom is 0.225 e. The number of hydrogen-bond donors (Lipinski definition) is 1. The number of aromatic nitrogens is 4. The van der Waals surface area contributed by atoms with Crippen LogP contribution in [0.25, 0.3) is 16.7 Å². The zero-order valence-electron chi connectivity index (χ0n) is 12.6. The van der Waals surface area contributed by atoms with Crippen molar-refractivity contribution in [2.45, 2.75) is 26.7 Å². The molecule has 2 aromatic heterocycles. The quantitative estimate of drug-likeness (QED) is 0.798. The van der Waals surface area contributed by atoms with Crippen LogP contribution in [0.2, 0.25) is 0 Å². The Bertz CT molecular complexity index is 775. The molecule has 2 heterocycles. The van der Waals surface area contributed by atoms with E-state index in [1.54, 1.807) is 0 Å². The van der Waals surface area contributed by atoms with Gasteiger partial charge in [0.1, 0.15) is 0 Å². The molecule has 0 unspecified atom stereocenters. The highest BCUT2D eigenvalue weighted by atomic mass is 15.3. The van der Waals surface area contributed by atoms with Crippen LogP contribution in [0.15, 0.2) is 30.3 Å². The van der Waals surface area contributed by atoms with Gasteiger partial charge in [0.15, 0.2) is 5.82 Å². The van der Waals surface area contributed by atoms with Crippen LogP contribution in [0.1, 0.15) is 25.2 Å². The van der Waals surface area contributed by atoms with Gasteiger partial charge in [-0.3, -0.25) is 0 Å². The predicted octanol–water partition coefficient (Wildman–Crippen LogP) is 2.98. The second-order valence-corrected chi connectivity index (χ2v) is 4.88. The lowest BCUT2D eigenvalue weighted by Gasteiger charge is -2.10. The fourth-order valence-corrected chi connectivity index (χ4v) is 2.42. The summed E-state index contributed by atoms with van der Waals surface area (Å²) in [5.41, 5.74) is 3.17. The number of aryl methyl sites for hydroxylation is 2. The summed E-state index contributed by atoms with van der Waals surface area (Å²) in [5.74, 6) is 1.45. The van der Waals surface area contributed by atoms with Crippen LogP contribution >= 0.6 is 0 Å². The molecule has 1 N–H and O–H groups in total. The van der Waals surface area contributed by atoms with Gasteiger partial charge in [-0.2, -0.15) is 10.1 Å². The largest absolute Gasteiger partial charge is 0.357 e. The second kappa shape index (κ2) is 5.52. The van der Waals surface area contributed by atoms with Gasteiger partial charge in [-0.25, -0.2) is 9.67 Å². The minimum absolute atomic E-state index is 0.610. The van der Waals surface area contributed by atoms with Crippen LogP contribution in [-0.2, 0) is 12.8 Å². The molecule has 0 spiro atoms. The summed E-state index contributed by atoms with van der Waals surface area (Å²) in [6.45, 7) is 4.25. The molecule has 3 rings (SSSR count). The Morgan fingerprint density at radius 3 is 2.62 bits per heavy atom. The van der Waals surface area contributed by atoms with Gasteiger partial charge >= 0.3 is 0 Å². The SMILES string of the molecule is CCc1cc(CC)n(-c2nc(NC)nc3ccccc23)n1. The molecule has 108 valence electrons. The van der Waals surface area contributed by atoms with Gasteiger partial charge in [-0.05, 0) is 31.0 Å². The van der Waals surface area contributed by atoms with Crippen molar-refractivity contribution in [1.29, 1.82) is 0 Å². The number of nitrogens with one attached hydrogen (secondary N) is 1. The Morgan fingerprint density at radius 1 is 1.10 bits per heavy atom. The minimum Gasteiger partial charge on any atom is -0.357 e. The maximum absolute atomic E-state index is 4.69. The highest BCUT2D eigenvalue weighted by Crippen LogP contribution is 2.22. The van der Waals surface area contributed by atoms with Crippen molar-refractivity contribution in [3.8, 4) is 5.82 Å². The third-order valence-corrected chi connectivity index (χ3v) is 3.57. The van der Waals surface area contributed by atoms with Crippen LogP contribution < -0.4 is 5.32 Å². The smallest absolute Gasteiger partial charge is 0.225 e. The van der Waals surface area contributed by atoms with Gasteiger partial charge in [-0.1, -0.05) is 26.0 Å². The molecule has 0 atom stereocenters. The van der Waals surface area contributed by atoms with Gasteiger partial charge in [0, 0.05) is 18.1 Å². The van der Waals surface area contributed by atoms with Gasteiger partial charge < -0.3 is 5.32 Å². The number of hydrogen-bond acceptors (Lipinski definition) is 4. The molecule has 3 aromatic rings. The van der Waals surface area contributed by atoms with E-state index in [9.17, 15) is 0 Å². The molecule has 1 aromatic carbocycles. The molecule has 0 aliphatic carbocycles. The minimum atomic E-state index is 0.610. The van der Waals surface area contributed by atoms with Crippen molar-refractivity contribution in [2.75, 3.05) is 12.4 Å². The van der Waals surface area contributed by atoms with Crippen molar-refractivity contribution in [1.82, 2.24) is 19.7 Å². The maximum atomic E-state index is 4.69. The Balaban J connectivity index is 2.30. The average molecular weight is 281 g/mol. The number of fused-ring (bicyclic) bond motifs is 1. The van der Waals surface area contributed by atoms with Crippen molar-refractivity contribution < 1.29 is 0 Å². The third kappa shape index (κ3) is 2.35. The summed E-state index contributed by atoms with van der Waals surface area (Å²) in [7, 11) is 1.83. The molecule has 0 bridgehead atoms. The van der Waals surface area contributed by atoms with Crippen LogP contribution in [0, 0.1) is 0 Å². The first-order valence-corrected chi connectivity index (χ1v) is 7.29. The zero-order chi connectivity index (χ0) is 14.8. The van der Waals surface area contributed by atoms with Gasteiger partial charge in [0.25, 0.3) is 0 Å². The Hall–Kier alpha value is -2.43. The average Bonchev–Trinajstić information content (AvgIpc) is 2.97. The van der Waals surface area contributed by atoms with Crippen LogP contribution in [-0.4, -0.2) is 26.8 Å². The van der Waals surface area contributed by atoms with Crippen LogP contribution in [0.3, 0.4) is 0 Å². The summed E-state index contributed by atoms with van der Waals surface area (Å²) in [5, 5.41) is 8.73. The highest BCUT2D eigenvalue weighted by molar-refractivity contribution is 5.86. The number of para-hydroxylation sites is 1. The first-order valence-electron chi connectivity index (χ1n) is 7.29. The summed E-state index contributed by atoms with van der Waals surface area (Å²) in [6, 6.07) is 10.2. The number of rotatable bonds is 4. The number of benzene rings is 1. The molecular weight excluding hydrogens is 262 g/mol. The summed E-state index contributed by atoms with van der Waals surface area (Å²) >= 11 is 0. The van der Waals surface area contributed by atoms with E-state index >= 15 is 0 Å². The fourth-order valence-electron chi connectivity index (χ4n) is 2.42. The van der Waals surface area contributed by atoms with Gasteiger partial charge in [0.05, 0.1) is 11.2 Å². The Kier molecular flexibility index (Phi) is 3.56. The zero-order valence-corrected chi connectivity index (χ0v) is 12.6. The van der Waals surface area contributed by atoms with E-state index in [-0.39, 0.29) is 0 Å². The van der Waals surface area contributed by atoms with E-state index < -0.39 is 0 Å².